The van der Waals surface area contributed by atoms with Crippen molar-refractivity contribution in [1.29, 1.82) is 0 Å². The molecular formula is C15H11N5O4S. The van der Waals surface area contributed by atoms with Crippen LogP contribution in [0.15, 0.2) is 57.3 Å². The SMILES string of the molecule is O=C(CSc1nc2ncccc2o1)N/N=C/c1ccc([N+](=O)[O-])cc1. The summed E-state index contributed by atoms with van der Waals surface area (Å²) in [4.78, 5) is 30.0. The third-order valence-electron chi connectivity index (χ3n) is 2.98. The number of hydrazone groups is 1. The number of benzene rings is 1. The molecule has 9 nitrogen and oxygen atoms in total. The minimum Gasteiger partial charge on any atom is -0.430 e. The van der Waals surface area contributed by atoms with Crippen molar-refractivity contribution in [3.63, 3.8) is 0 Å². The summed E-state index contributed by atoms with van der Waals surface area (Å²) in [6.07, 6.45) is 3.01. The minimum absolute atomic E-state index is 0.00888. The molecule has 0 spiro atoms. The van der Waals surface area contributed by atoms with Crippen molar-refractivity contribution in [2.24, 2.45) is 5.10 Å². The fourth-order valence-corrected chi connectivity index (χ4v) is 2.45. The first kappa shape index (κ1) is 16.6. The summed E-state index contributed by atoms with van der Waals surface area (Å²) in [6, 6.07) is 9.28. The van der Waals surface area contributed by atoms with Crippen LogP contribution in [0.1, 0.15) is 5.56 Å². The zero-order chi connectivity index (χ0) is 17.6. The third kappa shape index (κ3) is 4.38. The van der Waals surface area contributed by atoms with Crippen LogP contribution in [-0.2, 0) is 4.79 Å². The number of carbonyl (C=O) groups excluding carboxylic acids is 1. The number of non-ortho nitro benzene ring substituents is 1. The van der Waals surface area contributed by atoms with Gasteiger partial charge in [-0.05, 0) is 29.8 Å². The molecule has 0 saturated carbocycles. The minimum atomic E-state index is -0.485. The Hall–Kier alpha value is -3.27. The average molecular weight is 357 g/mol. The van der Waals surface area contributed by atoms with Crippen LogP contribution in [0.3, 0.4) is 0 Å². The van der Waals surface area contributed by atoms with Gasteiger partial charge in [0.15, 0.2) is 11.2 Å². The highest BCUT2D eigenvalue weighted by atomic mass is 32.2. The fourth-order valence-electron chi connectivity index (χ4n) is 1.83. The Morgan fingerprint density at radius 2 is 2.16 bits per heavy atom. The lowest BCUT2D eigenvalue weighted by atomic mass is 10.2. The third-order valence-corrected chi connectivity index (χ3v) is 3.81. The van der Waals surface area contributed by atoms with Gasteiger partial charge in [0.25, 0.3) is 16.8 Å². The molecule has 0 bridgehead atoms. The predicted octanol–water partition coefficient (Wildman–Crippen LogP) is 2.37. The zero-order valence-electron chi connectivity index (χ0n) is 12.7. The number of nitrogens with zero attached hydrogens (tertiary/aromatic N) is 4. The number of pyridine rings is 1. The average Bonchev–Trinajstić information content (AvgIpc) is 3.03. The van der Waals surface area contributed by atoms with Crippen LogP contribution < -0.4 is 5.43 Å². The van der Waals surface area contributed by atoms with Crippen molar-refractivity contribution in [1.82, 2.24) is 15.4 Å². The molecule has 0 radical (unpaired) electrons. The van der Waals surface area contributed by atoms with Crippen LogP contribution in [0.2, 0.25) is 0 Å². The predicted molar refractivity (Wildman–Crippen MR) is 91.4 cm³/mol. The Balaban J connectivity index is 1.49. The fraction of sp³-hybridized carbons (Fsp3) is 0.0667. The number of oxazole rings is 1. The maximum atomic E-state index is 11.7. The van der Waals surface area contributed by atoms with Gasteiger partial charge in [-0.2, -0.15) is 10.1 Å². The number of thioether (sulfide) groups is 1. The smallest absolute Gasteiger partial charge is 0.269 e. The quantitative estimate of drug-likeness (QED) is 0.311. The summed E-state index contributed by atoms with van der Waals surface area (Å²) in [6.45, 7) is 0. The van der Waals surface area contributed by atoms with Crippen LogP contribution in [0.5, 0.6) is 0 Å². The topological polar surface area (TPSA) is 124 Å². The number of nitro benzene ring substituents is 1. The molecule has 3 rings (SSSR count). The normalized spacial score (nSPS) is 11.0. The standard InChI is InChI=1S/C15H11N5O4S/c21-13(9-25-15-18-14-12(24-15)2-1-7-16-14)19-17-8-10-3-5-11(6-4-10)20(22)23/h1-8H,9H2,(H,19,21)/b17-8+. The summed E-state index contributed by atoms with van der Waals surface area (Å²) >= 11 is 1.13. The van der Waals surface area contributed by atoms with Crippen LogP contribution in [-0.4, -0.2) is 32.8 Å². The molecule has 0 unspecified atom stereocenters. The lowest BCUT2D eigenvalue weighted by molar-refractivity contribution is -0.384. The van der Waals surface area contributed by atoms with Gasteiger partial charge < -0.3 is 4.42 Å². The molecule has 2 heterocycles. The maximum Gasteiger partial charge on any atom is 0.269 e. The van der Waals surface area contributed by atoms with E-state index >= 15 is 0 Å². The van der Waals surface area contributed by atoms with E-state index in [0.717, 1.165) is 11.8 Å². The van der Waals surface area contributed by atoms with Crippen molar-refractivity contribution in [2.75, 3.05) is 5.75 Å². The van der Waals surface area contributed by atoms with Gasteiger partial charge in [-0.1, -0.05) is 11.8 Å². The molecule has 0 atom stereocenters. The van der Waals surface area contributed by atoms with Gasteiger partial charge in [0.1, 0.15) is 0 Å². The van der Waals surface area contributed by atoms with E-state index in [2.05, 4.69) is 20.5 Å². The second-order valence-corrected chi connectivity index (χ2v) is 5.66. The van der Waals surface area contributed by atoms with Gasteiger partial charge in [-0.25, -0.2) is 10.4 Å². The molecule has 0 saturated heterocycles. The molecule has 0 aliphatic rings. The Kier molecular flexibility index (Phi) is 5.00. The van der Waals surface area contributed by atoms with Gasteiger partial charge in [-0.3, -0.25) is 14.9 Å². The van der Waals surface area contributed by atoms with Crippen LogP contribution >= 0.6 is 11.8 Å². The number of rotatable bonds is 6. The van der Waals surface area contributed by atoms with Gasteiger partial charge in [-0.15, -0.1) is 0 Å². The van der Waals surface area contributed by atoms with Crippen LogP contribution in [0, 0.1) is 10.1 Å². The van der Waals surface area contributed by atoms with E-state index in [4.69, 9.17) is 4.42 Å². The summed E-state index contributed by atoms with van der Waals surface area (Å²) in [5.74, 6) is -0.261. The number of hydrogen-bond donors (Lipinski definition) is 1. The number of carbonyl (C=O) groups is 1. The molecule has 2 aromatic heterocycles. The Labute approximate surface area is 145 Å². The molecule has 0 aliphatic carbocycles. The molecular weight excluding hydrogens is 346 g/mol. The van der Waals surface area contributed by atoms with Crippen molar-refractivity contribution in [2.45, 2.75) is 5.22 Å². The zero-order valence-corrected chi connectivity index (χ0v) is 13.5. The molecule has 126 valence electrons. The maximum absolute atomic E-state index is 11.7. The molecule has 0 aliphatic heterocycles. The second kappa shape index (κ2) is 7.53. The van der Waals surface area contributed by atoms with Crippen molar-refractivity contribution in [3.8, 4) is 0 Å². The van der Waals surface area contributed by atoms with E-state index < -0.39 is 4.92 Å². The molecule has 10 heteroatoms. The second-order valence-electron chi connectivity index (χ2n) is 4.74. The number of hydrogen-bond acceptors (Lipinski definition) is 8. The van der Waals surface area contributed by atoms with Crippen molar-refractivity contribution in [3.05, 3.63) is 58.3 Å². The first-order valence-electron chi connectivity index (χ1n) is 7.02. The van der Waals surface area contributed by atoms with Crippen molar-refractivity contribution >= 4 is 40.8 Å². The van der Waals surface area contributed by atoms with Crippen LogP contribution in [0.4, 0.5) is 5.69 Å². The number of nitrogens with one attached hydrogen (secondary N) is 1. The Morgan fingerprint density at radius 3 is 2.88 bits per heavy atom. The highest BCUT2D eigenvalue weighted by molar-refractivity contribution is 7.99. The first-order valence-corrected chi connectivity index (χ1v) is 8.01. The highest BCUT2D eigenvalue weighted by Crippen LogP contribution is 2.21. The summed E-state index contributed by atoms with van der Waals surface area (Å²) in [5, 5.41) is 14.7. The Bertz CT molecular complexity index is 906. The van der Waals surface area contributed by atoms with E-state index in [9.17, 15) is 14.9 Å². The molecule has 1 amide bonds. The van der Waals surface area contributed by atoms with Gasteiger partial charge in [0, 0.05) is 18.3 Å². The number of aromatic nitrogens is 2. The molecule has 25 heavy (non-hydrogen) atoms. The van der Waals surface area contributed by atoms with E-state index in [0.29, 0.717) is 22.0 Å². The summed E-state index contributed by atoms with van der Waals surface area (Å²) in [5.41, 5.74) is 4.03. The monoisotopic (exact) mass is 357 g/mol. The molecule has 1 aromatic carbocycles. The summed E-state index contributed by atoms with van der Waals surface area (Å²) in [7, 11) is 0. The lowest BCUT2D eigenvalue weighted by Crippen LogP contribution is -2.19. The number of amides is 1. The lowest BCUT2D eigenvalue weighted by Gasteiger charge is -1.97. The largest absolute Gasteiger partial charge is 0.430 e. The van der Waals surface area contributed by atoms with E-state index in [-0.39, 0.29) is 17.3 Å². The van der Waals surface area contributed by atoms with Crippen molar-refractivity contribution < 1.29 is 14.1 Å². The van der Waals surface area contributed by atoms with E-state index in [1.54, 1.807) is 18.3 Å². The first-order chi connectivity index (χ1) is 12.1. The number of fused-ring (bicyclic) bond motifs is 1. The molecule has 3 aromatic rings. The summed E-state index contributed by atoms with van der Waals surface area (Å²) < 4.78 is 5.44. The van der Waals surface area contributed by atoms with Crippen LogP contribution in [0.25, 0.3) is 11.2 Å². The van der Waals surface area contributed by atoms with E-state index in [1.165, 1.54) is 30.5 Å². The van der Waals surface area contributed by atoms with E-state index in [1.807, 2.05) is 0 Å². The molecule has 0 fully saturated rings. The Morgan fingerprint density at radius 1 is 1.36 bits per heavy atom. The van der Waals surface area contributed by atoms with Gasteiger partial charge in [0.05, 0.1) is 16.9 Å². The van der Waals surface area contributed by atoms with Gasteiger partial charge >= 0.3 is 0 Å². The van der Waals surface area contributed by atoms with Gasteiger partial charge in [0.2, 0.25) is 0 Å². The highest BCUT2D eigenvalue weighted by Gasteiger charge is 2.09. The molecule has 1 N–H and O–H groups in total. The number of nitro groups is 1.